The molecule has 1 aromatic heterocycles. The van der Waals surface area contributed by atoms with Gasteiger partial charge in [0.2, 0.25) is 5.91 Å². The van der Waals surface area contributed by atoms with E-state index in [1.54, 1.807) is 4.90 Å². The quantitative estimate of drug-likeness (QED) is 0.757. The Morgan fingerprint density at radius 1 is 1.07 bits per heavy atom. The molecule has 0 bridgehead atoms. The third-order valence-corrected chi connectivity index (χ3v) is 5.36. The topological polar surface area (TPSA) is 58.4 Å². The number of rotatable bonds is 3. The summed E-state index contributed by atoms with van der Waals surface area (Å²) in [6, 6.07) is 5.83. The minimum absolute atomic E-state index is 0.0712. The van der Waals surface area contributed by atoms with Crippen molar-refractivity contribution < 1.29 is 22.8 Å². The van der Waals surface area contributed by atoms with Gasteiger partial charge in [-0.25, -0.2) is 4.68 Å². The molecular formula is C19H18ClF3N4O2. The molecule has 6 nitrogen and oxygen atoms in total. The van der Waals surface area contributed by atoms with E-state index in [9.17, 15) is 22.8 Å². The first kappa shape index (κ1) is 19.8. The molecule has 2 aliphatic rings. The predicted molar refractivity (Wildman–Crippen MR) is 98.8 cm³/mol. The normalized spacial score (nSPS) is 17.5. The van der Waals surface area contributed by atoms with Gasteiger partial charge in [0.1, 0.15) is 0 Å². The largest absolute Gasteiger partial charge is 0.434 e. The third kappa shape index (κ3) is 3.96. The lowest BCUT2D eigenvalue weighted by molar-refractivity contribution is -0.143. The van der Waals surface area contributed by atoms with Gasteiger partial charge in [-0.05, 0) is 31.0 Å². The monoisotopic (exact) mass is 426 g/mol. The zero-order valence-electron chi connectivity index (χ0n) is 15.3. The second-order valence-electron chi connectivity index (χ2n) is 7.19. The summed E-state index contributed by atoms with van der Waals surface area (Å²) in [6.45, 7) is 1.03. The maximum atomic E-state index is 13.8. The fourth-order valence-electron chi connectivity index (χ4n) is 3.47. The number of hydrogen-bond acceptors (Lipinski definition) is 3. The first-order chi connectivity index (χ1) is 13.8. The molecule has 0 spiro atoms. The minimum atomic E-state index is -4.78. The third-order valence-electron chi connectivity index (χ3n) is 5.13. The van der Waals surface area contributed by atoms with Gasteiger partial charge < -0.3 is 9.80 Å². The molecule has 10 heteroatoms. The van der Waals surface area contributed by atoms with Crippen LogP contribution in [0.2, 0.25) is 5.02 Å². The van der Waals surface area contributed by atoms with Crippen molar-refractivity contribution in [1.82, 2.24) is 19.6 Å². The van der Waals surface area contributed by atoms with Crippen LogP contribution in [0.15, 0.2) is 30.5 Å². The molecule has 154 valence electrons. The highest BCUT2D eigenvalue weighted by Crippen LogP contribution is 2.35. The van der Waals surface area contributed by atoms with E-state index in [0.29, 0.717) is 17.8 Å². The highest BCUT2D eigenvalue weighted by Gasteiger charge is 2.42. The van der Waals surface area contributed by atoms with Crippen LogP contribution in [0, 0.1) is 5.92 Å². The van der Waals surface area contributed by atoms with E-state index < -0.39 is 23.3 Å². The van der Waals surface area contributed by atoms with Gasteiger partial charge in [-0.2, -0.15) is 18.3 Å². The number of nitrogens with zero attached hydrogens (tertiary/aromatic N) is 4. The van der Waals surface area contributed by atoms with Crippen molar-refractivity contribution >= 4 is 23.4 Å². The highest BCUT2D eigenvalue weighted by atomic mass is 35.5. The van der Waals surface area contributed by atoms with Crippen LogP contribution in [0.4, 0.5) is 13.2 Å². The van der Waals surface area contributed by atoms with Gasteiger partial charge in [0, 0.05) is 37.1 Å². The SMILES string of the molecule is O=C(c1cnn(-c2cccc(Cl)c2)c1C(F)(F)F)N1CCN(C(=O)C2CC2)CC1. The second kappa shape index (κ2) is 7.37. The number of benzene rings is 1. The van der Waals surface area contributed by atoms with E-state index in [0.717, 1.165) is 19.0 Å². The standard InChI is InChI=1S/C19H18ClF3N4O2/c20-13-2-1-3-14(10-13)27-16(19(21,22)23)15(11-24-27)18(29)26-8-6-25(7-9-26)17(28)12-4-5-12/h1-3,10-12H,4-9H2. The van der Waals surface area contributed by atoms with Crippen LogP contribution in [0.5, 0.6) is 0 Å². The maximum Gasteiger partial charge on any atom is 0.434 e. The number of alkyl halides is 3. The molecule has 1 aliphatic carbocycles. The first-order valence-electron chi connectivity index (χ1n) is 9.25. The number of aromatic nitrogens is 2. The molecule has 1 aliphatic heterocycles. The number of carbonyl (C=O) groups excluding carboxylic acids is 2. The molecule has 0 atom stereocenters. The Morgan fingerprint density at radius 3 is 2.31 bits per heavy atom. The highest BCUT2D eigenvalue weighted by molar-refractivity contribution is 6.30. The second-order valence-corrected chi connectivity index (χ2v) is 7.62. The molecule has 1 aromatic carbocycles. The molecule has 0 N–H and O–H groups in total. The van der Waals surface area contributed by atoms with Gasteiger partial charge in [-0.3, -0.25) is 9.59 Å². The first-order valence-corrected chi connectivity index (χ1v) is 9.62. The molecule has 0 unspecified atom stereocenters. The predicted octanol–water partition coefficient (Wildman–Crippen LogP) is 3.24. The Balaban J connectivity index is 1.58. The summed E-state index contributed by atoms with van der Waals surface area (Å²) in [7, 11) is 0. The van der Waals surface area contributed by atoms with E-state index in [2.05, 4.69) is 5.10 Å². The molecule has 29 heavy (non-hydrogen) atoms. The van der Waals surface area contributed by atoms with Crippen molar-refractivity contribution in [2.24, 2.45) is 5.92 Å². The van der Waals surface area contributed by atoms with Gasteiger partial charge in [0.15, 0.2) is 5.69 Å². The minimum Gasteiger partial charge on any atom is -0.339 e. The van der Waals surface area contributed by atoms with E-state index in [4.69, 9.17) is 11.6 Å². The molecule has 2 fully saturated rings. The van der Waals surface area contributed by atoms with Crippen LogP contribution in [0.1, 0.15) is 28.9 Å². The van der Waals surface area contributed by atoms with E-state index >= 15 is 0 Å². The molecule has 2 heterocycles. The van der Waals surface area contributed by atoms with Gasteiger partial charge in [0.05, 0.1) is 17.4 Å². The number of amides is 2. The number of piperazine rings is 1. The summed E-state index contributed by atoms with van der Waals surface area (Å²) < 4.78 is 42.1. The number of carbonyl (C=O) groups is 2. The van der Waals surface area contributed by atoms with Crippen LogP contribution in [-0.4, -0.2) is 57.6 Å². The van der Waals surface area contributed by atoms with E-state index in [1.807, 2.05) is 0 Å². The van der Waals surface area contributed by atoms with Crippen LogP contribution in [0.25, 0.3) is 5.69 Å². The summed E-state index contributed by atoms with van der Waals surface area (Å²) in [6.07, 6.45) is -2.08. The molecule has 1 saturated carbocycles. The zero-order chi connectivity index (χ0) is 20.8. The van der Waals surface area contributed by atoms with Crippen molar-refractivity contribution in [3.63, 3.8) is 0 Å². The smallest absolute Gasteiger partial charge is 0.339 e. The lowest BCUT2D eigenvalue weighted by atomic mass is 10.1. The Kier molecular flexibility index (Phi) is 5.02. The van der Waals surface area contributed by atoms with Gasteiger partial charge in [0.25, 0.3) is 5.91 Å². The summed E-state index contributed by atoms with van der Waals surface area (Å²) in [4.78, 5) is 28.0. The fourth-order valence-corrected chi connectivity index (χ4v) is 3.65. The molecular weight excluding hydrogens is 409 g/mol. The Labute approximate surface area is 169 Å². The average molecular weight is 427 g/mol. The van der Waals surface area contributed by atoms with Crippen LogP contribution in [0.3, 0.4) is 0 Å². The summed E-state index contributed by atoms with van der Waals surface area (Å²) in [5.74, 6) is -0.601. The van der Waals surface area contributed by atoms with Crippen molar-refractivity contribution in [3.8, 4) is 5.69 Å². The van der Waals surface area contributed by atoms with Gasteiger partial charge in [-0.1, -0.05) is 17.7 Å². The molecule has 2 aromatic rings. The average Bonchev–Trinajstić information content (AvgIpc) is 3.43. The summed E-state index contributed by atoms with van der Waals surface area (Å²) in [5.41, 5.74) is -1.54. The van der Waals surface area contributed by atoms with Gasteiger partial charge >= 0.3 is 6.18 Å². The molecule has 4 rings (SSSR count). The van der Waals surface area contributed by atoms with Crippen molar-refractivity contribution in [1.29, 1.82) is 0 Å². The van der Waals surface area contributed by atoms with Crippen molar-refractivity contribution in [3.05, 3.63) is 46.7 Å². The zero-order valence-corrected chi connectivity index (χ0v) is 16.1. The molecule has 1 saturated heterocycles. The van der Waals surface area contributed by atoms with Crippen LogP contribution < -0.4 is 0 Å². The summed E-state index contributed by atoms with van der Waals surface area (Å²) >= 11 is 5.89. The van der Waals surface area contributed by atoms with Crippen LogP contribution >= 0.6 is 11.6 Å². The maximum absolute atomic E-state index is 13.8. The fraction of sp³-hybridized carbons (Fsp3) is 0.421. The Hall–Kier alpha value is -2.55. The van der Waals surface area contributed by atoms with Crippen molar-refractivity contribution in [2.75, 3.05) is 26.2 Å². The number of hydrogen-bond donors (Lipinski definition) is 0. The molecule has 0 radical (unpaired) electrons. The van der Waals surface area contributed by atoms with Crippen molar-refractivity contribution in [2.45, 2.75) is 19.0 Å². The summed E-state index contributed by atoms with van der Waals surface area (Å²) in [5, 5.41) is 4.07. The lowest BCUT2D eigenvalue weighted by Crippen LogP contribution is -2.51. The van der Waals surface area contributed by atoms with E-state index in [1.165, 1.54) is 29.2 Å². The lowest BCUT2D eigenvalue weighted by Gasteiger charge is -2.35. The number of halogens is 4. The Morgan fingerprint density at radius 2 is 1.72 bits per heavy atom. The molecule has 2 amide bonds. The van der Waals surface area contributed by atoms with Crippen LogP contribution in [-0.2, 0) is 11.0 Å². The van der Waals surface area contributed by atoms with Gasteiger partial charge in [-0.15, -0.1) is 0 Å². The Bertz CT molecular complexity index is 947. The van der Waals surface area contributed by atoms with E-state index in [-0.39, 0.29) is 35.6 Å².